The first-order chi connectivity index (χ1) is 6.29. The second kappa shape index (κ2) is 3.46. The Kier molecular flexibility index (Phi) is 2.32. The average Bonchev–Trinajstić information content (AvgIpc) is 2.57. The quantitative estimate of drug-likeness (QED) is 0.705. The van der Waals surface area contributed by atoms with Crippen LogP contribution in [0.4, 0.5) is 0 Å². The fourth-order valence-electron chi connectivity index (χ4n) is 2.26. The van der Waals surface area contributed by atoms with Crippen molar-refractivity contribution in [1.29, 1.82) is 0 Å². The van der Waals surface area contributed by atoms with Crippen molar-refractivity contribution in [3.8, 4) is 0 Å². The first-order valence-electron chi connectivity index (χ1n) is 4.91. The Balaban J connectivity index is 2.37. The van der Waals surface area contributed by atoms with Crippen molar-refractivity contribution in [2.24, 2.45) is 0 Å². The number of nitrogens with one attached hydrogen (secondary N) is 1. The molecule has 2 heterocycles. The van der Waals surface area contributed by atoms with E-state index in [1.807, 2.05) is 12.4 Å². The summed E-state index contributed by atoms with van der Waals surface area (Å²) in [7, 11) is 0. The van der Waals surface area contributed by atoms with E-state index < -0.39 is 0 Å². The Morgan fingerprint density at radius 3 is 2.54 bits per heavy atom. The molecule has 1 aliphatic heterocycles. The summed E-state index contributed by atoms with van der Waals surface area (Å²) in [6.07, 6.45) is 5.22. The molecule has 1 aromatic heterocycles. The molecule has 1 fully saturated rings. The van der Waals surface area contributed by atoms with Gasteiger partial charge in [-0.25, -0.2) is 0 Å². The predicted molar refractivity (Wildman–Crippen MR) is 53.9 cm³/mol. The molecular formula is C11H16N2. The second-order valence-corrected chi connectivity index (χ2v) is 3.88. The first-order valence-corrected chi connectivity index (χ1v) is 4.91. The zero-order valence-electron chi connectivity index (χ0n) is 8.30. The van der Waals surface area contributed by atoms with Gasteiger partial charge in [-0.05, 0) is 49.4 Å². The third-order valence-electron chi connectivity index (χ3n) is 2.85. The lowest BCUT2D eigenvalue weighted by atomic mass is 9.92. The minimum Gasteiger partial charge on any atom is -0.316 e. The van der Waals surface area contributed by atoms with E-state index >= 15 is 0 Å². The first kappa shape index (κ1) is 8.70. The summed E-state index contributed by atoms with van der Waals surface area (Å²) >= 11 is 0. The van der Waals surface area contributed by atoms with Gasteiger partial charge < -0.3 is 5.32 Å². The predicted octanol–water partition coefficient (Wildman–Crippen LogP) is 1.78. The van der Waals surface area contributed by atoms with E-state index in [0.717, 1.165) is 13.1 Å². The van der Waals surface area contributed by atoms with E-state index in [-0.39, 0.29) is 0 Å². The molecule has 0 bridgehead atoms. The van der Waals surface area contributed by atoms with Gasteiger partial charge in [-0.3, -0.25) is 4.98 Å². The molecule has 0 radical (unpaired) electrons. The summed E-state index contributed by atoms with van der Waals surface area (Å²) in [6.45, 7) is 6.61. The van der Waals surface area contributed by atoms with Gasteiger partial charge in [0, 0.05) is 18.9 Å². The number of aryl methyl sites for hydroxylation is 2. The Bertz CT molecular complexity index is 281. The Hall–Kier alpha value is -0.890. The van der Waals surface area contributed by atoms with Gasteiger partial charge in [-0.1, -0.05) is 0 Å². The lowest BCUT2D eigenvalue weighted by Gasteiger charge is -2.14. The molecule has 1 aliphatic rings. The molecule has 2 nitrogen and oxygen atoms in total. The zero-order chi connectivity index (χ0) is 9.26. The largest absolute Gasteiger partial charge is 0.316 e. The van der Waals surface area contributed by atoms with E-state index in [2.05, 4.69) is 24.1 Å². The van der Waals surface area contributed by atoms with Crippen molar-refractivity contribution in [2.75, 3.05) is 13.1 Å². The summed E-state index contributed by atoms with van der Waals surface area (Å²) in [5.74, 6) is 0.711. The van der Waals surface area contributed by atoms with Gasteiger partial charge in [-0.2, -0.15) is 0 Å². The molecule has 70 valence electrons. The van der Waals surface area contributed by atoms with Crippen molar-refractivity contribution in [1.82, 2.24) is 10.3 Å². The molecule has 0 amide bonds. The molecule has 1 unspecified atom stereocenters. The lowest BCUT2D eigenvalue weighted by molar-refractivity contribution is 0.748. The molecule has 0 aromatic carbocycles. The van der Waals surface area contributed by atoms with E-state index in [1.54, 1.807) is 0 Å². The van der Waals surface area contributed by atoms with Gasteiger partial charge in [0.15, 0.2) is 0 Å². The van der Waals surface area contributed by atoms with Crippen molar-refractivity contribution in [3.05, 3.63) is 29.1 Å². The lowest BCUT2D eigenvalue weighted by Crippen LogP contribution is -2.10. The van der Waals surface area contributed by atoms with Crippen LogP contribution in [0.5, 0.6) is 0 Å². The second-order valence-electron chi connectivity index (χ2n) is 3.88. The monoisotopic (exact) mass is 176 g/mol. The molecule has 1 saturated heterocycles. The number of nitrogens with zero attached hydrogens (tertiary/aromatic N) is 1. The van der Waals surface area contributed by atoms with Crippen LogP contribution in [0.15, 0.2) is 12.4 Å². The van der Waals surface area contributed by atoms with Gasteiger partial charge in [-0.15, -0.1) is 0 Å². The molecular weight excluding hydrogens is 160 g/mol. The molecule has 1 atom stereocenters. The number of aromatic nitrogens is 1. The van der Waals surface area contributed by atoms with Crippen molar-refractivity contribution >= 4 is 0 Å². The van der Waals surface area contributed by atoms with Crippen LogP contribution < -0.4 is 5.32 Å². The fourth-order valence-corrected chi connectivity index (χ4v) is 2.26. The van der Waals surface area contributed by atoms with Crippen molar-refractivity contribution in [2.45, 2.75) is 26.2 Å². The van der Waals surface area contributed by atoms with Crippen LogP contribution >= 0.6 is 0 Å². The average molecular weight is 176 g/mol. The summed E-state index contributed by atoms with van der Waals surface area (Å²) in [5.41, 5.74) is 4.20. The molecule has 1 N–H and O–H groups in total. The van der Waals surface area contributed by atoms with Crippen molar-refractivity contribution in [3.63, 3.8) is 0 Å². The summed E-state index contributed by atoms with van der Waals surface area (Å²) < 4.78 is 0. The van der Waals surface area contributed by atoms with E-state index in [0.29, 0.717) is 5.92 Å². The maximum Gasteiger partial charge on any atom is 0.0300 e. The van der Waals surface area contributed by atoms with Crippen LogP contribution in [-0.2, 0) is 0 Å². The number of hydrogen-bond donors (Lipinski definition) is 1. The topological polar surface area (TPSA) is 24.9 Å². The normalized spacial score (nSPS) is 22.2. The summed E-state index contributed by atoms with van der Waals surface area (Å²) in [6, 6.07) is 0. The van der Waals surface area contributed by atoms with Gasteiger partial charge in [0.05, 0.1) is 0 Å². The Morgan fingerprint density at radius 2 is 2.00 bits per heavy atom. The number of hydrogen-bond acceptors (Lipinski definition) is 2. The fraction of sp³-hybridized carbons (Fsp3) is 0.545. The standard InChI is InChI=1S/C11H16N2/c1-8-5-13-6-9(2)11(8)10-3-4-12-7-10/h5-6,10,12H,3-4,7H2,1-2H3. The van der Waals surface area contributed by atoms with Crippen LogP contribution in [0, 0.1) is 13.8 Å². The minimum atomic E-state index is 0.711. The number of pyridine rings is 1. The molecule has 2 rings (SSSR count). The highest BCUT2D eigenvalue weighted by molar-refractivity contribution is 5.34. The van der Waals surface area contributed by atoms with Crippen LogP contribution in [0.2, 0.25) is 0 Å². The third kappa shape index (κ3) is 1.59. The molecule has 1 aromatic rings. The van der Waals surface area contributed by atoms with Crippen LogP contribution in [0.1, 0.15) is 29.0 Å². The highest BCUT2D eigenvalue weighted by Gasteiger charge is 2.19. The van der Waals surface area contributed by atoms with E-state index in [4.69, 9.17) is 0 Å². The highest BCUT2D eigenvalue weighted by Crippen LogP contribution is 2.27. The van der Waals surface area contributed by atoms with Gasteiger partial charge in [0.1, 0.15) is 0 Å². The molecule has 2 heteroatoms. The SMILES string of the molecule is Cc1cncc(C)c1C1CCNC1. The van der Waals surface area contributed by atoms with Gasteiger partial charge in [0.2, 0.25) is 0 Å². The van der Waals surface area contributed by atoms with Crippen LogP contribution in [0.25, 0.3) is 0 Å². The maximum absolute atomic E-state index is 4.20. The Labute approximate surface area is 79.4 Å². The summed E-state index contributed by atoms with van der Waals surface area (Å²) in [5, 5.41) is 3.40. The molecule has 0 aliphatic carbocycles. The molecule has 13 heavy (non-hydrogen) atoms. The zero-order valence-corrected chi connectivity index (χ0v) is 8.30. The Morgan fingerprint density at radius 1 is 1.31 bits per heavy atom. The summed E-state index contributed by atoms with van der Waals surface area (Å²) in [4.78, 5) is 4.20. The highest BCUT2D eigenvalue weighted by atomic mass is 14.9. The molecule has 0 saturated carbocycles. The van der Waals surface area contributed by atoms with Crippen molar-refractivity contribution < 1.29 is 0 Å². The third-order valence-corrected chi connectivity index (χ3v) is 2.85. The smallest absolute Gasteiger partial charge is 0.0300 e. The van der Waals surface area contributed by atoms with E-state index in [9.17, 15) is 0 Å². The minimum absolute atomic E-state index is 0.711. The van der Waals surface area contributed by atoms with E-state index in [1.165, 1.54) is 23.1 Å². The van der Waals surface area contributed by atoms with Crippen LogP contribution in [0.3, 0.4) is 0 Å². The number of rotatable bonds is 1. The van der Waals surface area contributed by atoms with Crippen LogP contribution in [-0.4, -0.2) is 18.1 Å². The maximum atomic E-state index is 4.20. The van der Waals surface area contributed by atoms with Gasteiger partial charge in [0.25, 0.3) is 0 Å². The van der Waals surface area contributed by atoms with Gasteiger partial charge >= 0.3 is 0 Å². The molecule has 0 spiro atoms.